The number of rotatable bonds is 6. The lowest BCUT2D eigenvalue weighted by Gasteiger charge is -2.11. The van der Waals surface area contributed by atoms with Crippen molar-refractivity contribution < 1.29 is 0 Å². The highest BCUT2D eigenvalue weighted by atomic mass is 32.2. The van der Waals surface area contributed by atoms with Crippen LogP contribution in [0.3, 0.4) is 0 Å². The van der Waals surface area contributed by atoms with Gasteiger partial charge in [-0.2, -0.15) is 0 Å². The van der Waals surface area contributed by atoms with E-state index in [4.69, 9.17) is 0 Å². The molecule has 0 spiro atoms. The summed E-state index contributed by atoms with van der Waals surface area (Å²) in [5.41, 5.74) is 1.84. The molecule has 3 aromatic rings. The lowest BCUT2D eigenvalue weighted by Crippen LogP contribution is -2.26. The normalized spacial score (nSPS) is 10.8. The second-order valence-corrected chi connectivity index (χ2v) is 7.21. The summed E-state index contributed by atoms with van der Waals surface area (Å²) in [5.74, 6) is 1.04. The van der Waals surface area contributed by atoms with E-state index in [0.717, 1.165) is 17.0 Å². The van der Waals surface area contributed by atoms with Gasteiger partial charge >= 0.3 is 0 Å². The summed E-state index contributed by atoms with van der Waals surface area (Å²) in [5, 5.41) is 14.1. The van der Waals surface area contributed by atoms with Gasteiger partial charge < -0.3 is 5.32 Å². The summed E-state index contributed by atoms with van der Waals surface area (Å²) >= 11 is 3.23. The van der Waals surface area contributed by atoms with Crippen molar-refractivity contribution in [1.82, 2.24) is 14.8 Å². The first-order chi connectivity index (χ1) is 11.7. The maximum absolute atomic E-state index is 12.6. The molecule has 5 nitrogen and oxygen atoms in total. The van der Waals surface area contributed by atoms with Crippen LogP contribution in [0, 0.1) is 6.92 Å². The van der Waals surface area contributed by atoms with Gasteiger partial charge in [0, 0.05) is 22.9 Å². The number of nitrogens with zero attached hydrogens (tertiary/aromatic N) is 3. The molecule has 0 amide bonds. The average Bonchev–Trinajstić information content (AvgIpc) is 3.10. The third kappa shape index (κ3) is 3.85. The lowest BCUT2D eigenvalue weighted by atomic mass is 10.2. The number of anilines is 2. The Morgan fingerprint density at radius 3 is 2.67 bits per heavy atom. The Morgan fingerprint density at radius 1 is 1.21 bits per heavy atom. The van der Waals surface area contributed by atoms with E-state index < -0.39 is 0 Å². The molecule has 24 heavy (non-hydrogen) atoms. The van der Waals surface area contributed by atoms with Crippen molar-refractivity contribution in [1.29, 1.82) is 0 Å². The van der Waals surface area contributed by atoms with Gasteiger partial charge in [0.2, 0.25) is 5.82 Å². The van der Waals surface area contributed by atoms with E-state index in [0.29, 0.717) is 11.7 Å². The van der Waals surface area contributed by atoms with E-state index >= 15 is 0 Å². The predicted octanol–water partition coefficient (Wildman–Crippen LogP) is 4.06. The highest BCUT2D eigenvalue weighted by Crippen LogP contribution is 2.23. The summed E-state index contributed by atoms with van der Waals surface area (Å²) in [7, 11) is 0. The van der Waals surface area contributed by atoms with Crippen molar-refractivity contribution in [3.05, 3.63) is 62.6 Å². The molecule has 0 radical (unpaired) electrons. The molecule has 3 rings (SSSR count). The summed E-state index contributed by atoms with van der Waals surface area (Å²) < 4.78 is 1.65. The van der Waals surface area contributed by atoms with Crippen LogP contribution in [0.25, 0.3) is 0 Å². The number of thioether (sulfide) groups is 1. The standard InChI is InChI=1S/C17H18N4OS2/c1-3-21-16(22)15(18-13-8-6-12(2)7-9-13)19-20-17(21)24-11-14-5-4-10-23-14/h4-10H,3,11H2,1-2H3,(H,18,19). The predicted molar refractivity (Wildman–Crippen MR) is 100 cm³/mol. The molecule has 0 aliphatic rings. The quantitative estimate of drug-likeness (QED) is 0.673. The SMILES string of the molecule is CCn1c(SCc2cccs2)nnc(Nc2ccc(C)cc2)c1=O. The Bertz CT molecular complexity index is 857. The molecule has 1 aromatic carbocycles. The molecule has 0 fully saturated rings. The van der Waals surface area contributed by atoms with Gasteiger partial charge in [-0.1, -0.05) is 35.5 Å². The van der Waals surface area contributed by atoms with Gasteiger partial charge in [-0.15, -0.1) is 21.5 Å². The van der Waals surface area contributed by atoms with Crippen LogP contribution >= 0.6 is 23.1 Å². The fourth-order valence-corrected chi connectivity index (χ4v) is 3.94. The third-order valence-electron chi connectivity index (χ3n) is 3.47. The second-order valence-electron chi connectivity index (χ2n) is 5.24. The van der Waals surface area contributed by atoms with Crippen LogP contribution in [-0.2, 0) is 12.3 Å². The first-order valence-corrected chi connectivity index (χ1v) is 9.50. The molecule has 0 aliphatic carbocycles. The van der Waals surface area contributed by atoms with E-state index in [2.05, 4.69) is 21.6 Å². The third-order valence-corrected chi connectivity index (χ3v) is 5.54. The molecule has 1 N–H and O–H groups in total. The molecular formula is C17H18N4OS2. The first-order valence-electron chi connectivity index (χ1n) is 7.63. The zero-order valence-electron chi connectivity index (χ0n) is 13.5. The van der Waals surface area contributed by atoms with Crippen LogP contribution in [0.15, 0.2) is 51.7 Å². The second kappa shape index (κ2) is 7.63. The minimum Gasteiger partial charge on any atom is -0.334 e. The number of benzene rings is 1. The van der Waals surface area contributed by atoms with Crippen molar-refractivity contribution in [2.45, 2.75) is 31.3 Å². The maximum Gasteiger partial charge on any atom is 0.297 e. The van der Waals surface area contributed by atoms with Crippen molar-refractivity contribution in [2.24, 2.45) is 0 Å². The van der Waals surface area contributed by atoms with E-state index in [-0.39, 0.29) is 11.4 Å². The van der Waals surface area contributed by atoms with Crippen molar-refractivity contribution in [3.8, 4) is 0 Å². The summed E-state index contributed by atoms with van der Waals surface area (Å²) in [4.78, 5) is 13.9. The Kier molecular flexibility index (Phi) is 5.32. The van der Waals surface area contributed by atoms with E-state index in [9.17, 15) is 4.79 Å². The number of nitrogens with one attached hydrogen (secondary N) is 1. The summed E-state index contributed by atoms with van der Waals surface area (Å²) in [6.07, 6.45) is 0. The summed E-state index contributed by atoms with van der Waals surface area (Å²) in [6, 6.07) is 11.9. The lowest BCUT2D eigenvalue weighted by molar-refractivity contribution is 0.597. The average molecular weight is 358 g/mol. The molecule has 0 saturated heterocycles. The van der Waals surface area contributed by atoms with Crippen LogP contribution < -0.4 is 10.9 Å². The Balaban J connectivity index is 1.82. The smallest absolute Gasteiger partial charge is 0.297 e. The van der Waals surface area contributed by atoms with Crippen molar-refractivity contribution in [2.75, 3.05) is 5.32 Å². The molecule has 2 heterocycles. The zero-order chi connectivity index (χ0) is 16.9. The van der Waals surface area contributed by atoms with Gasteiger partial charge in [0.25, 0.3) is 5.56 Å². The molecule has 0 saturated carbocycles. The molecule has 124 valence electrons. The van der Waals surface area contributed by atoms with E-state index in [1.165, 1.54) is 16.6 Å². The molecule has 0 unspecified atom stereocenters. The van der Waals surface area contributed by atoms with Crippen molar-refractivity contribution >= 4 is 34.6 Å². The van der Waals surface area contributed by atoms with Crippen LogP contribution in [0.2, 0.25) is 0 Å². The highest BCUT2D eigenvalue weighted by Gasteiger charge is 2.12. The first kappa shape index (κ1) is 16.7. The minimum absolute atomic E-state index is 0.151. The van der Waals surface area contributed by atoms with Gasteiger partial charge in [0.05, 0.1) is 0 Å². The Hall–Kier alpha value is -2.12. The number of aromatic nitrogens is 3. The fraction of sp³-hybridized carbons (Fsp3) is 0.235. The van der Waals surface area contributed by atoms with Gasteiger partial charge in [0.1, 0.15) is 0 Å². The largest absolute Gasteiger partial charge is 0.334 e. The van der Waals surface area contributed by atoms with Crippen LogP contribution in [0.4, 0.5) is 11.5 Å². The highest BCUT2D eigenvalue weighted by molar-refractivity contribution is 7.98. The Labute approximate surface area is 148 Å². The summed E-state index contributed by atoms with van der Waals surface area (Å²) in [6.45, 7) is 4.52. The van der Waals surface area contributed by atoms with Gasteiger partial charge in [-0.3, -0.25) is 9.36 Å². The molecule has 0 aliphatic heterocycles. The zero-order valence-corrected chi connectivity index (χ0v) is 15.2. The van der Waals surface area contributed by atoms with Crippen LogP contribution in [0.5, 0.6) is 0 Å². The number of hydrogen-bond acceptors (Lipinski definition) is 6. The maximum atomic E-state index is 12.6. The monoisotopic (exact) mass is 358 g/mol. The molecule has 0 bridgehead atoms. The minimum atomic E-state index is -0.151. The van der Waals surface area contributed by atoms with Crippen LogP contribution in [-0.4, -0.2) is 14.8 Å². The van der Waals surface area contributed by atoms with Gasteiger partial charge in [-0.05, 0) is 37.4 Å². The molecule has 0 atom stereocenters. The number of aryl methyl sites for hydroxylation is 1. The molecule has 2 aromatic heterocycles. The fourth-order valence-electron chi connectivity index (χ4n) is 2.17. The topological polar surface area (TPSA) is 59.8 Å². The van der Waals surface area contributed by atoms with Gasteiger partial charge in [0.15, 0.2) is 5.16 Å². The number of hydrogen-bond donors (Lipinski definition) is 1. The van der Waals surface area contributed by atoms with Crippen LogP contribution in [0.1, 0.15) is 17.4 Å². The molecular weight excluding hydrogens is 340 g/mol. The van der Waals surface area contributed by atoms with Crippen molar-refractivity contribution in [3.63, 3.8) is 0 Å². The Morgan fingerprint density at radius 2 is 2.00 bits per heavy atom. The number of thiophene rings is 1. The van der Waals surface area contributed by atoms with E-state index in [1.54, 1.807) is 15.9 Å². The van der Waals surface area contributed by atoms with E-state index in [1.807, 2.05) is 49.6 Å². The van der Waals surface area contributed by atoms with Gasteiger partial charge in [-0.25, -0.2) is 0 Å². The molecule has 7 heteroatoms.